The molecule has 0 spiro atoms. The third-order valence-electron chi connectivity index (χ3n) is 1.53. The van der Waals surface area contributed by atoms with Crippen LogP contribution in [0.25, 0.3) is 0 Å². The first kappa shape index (κ1) is 10.3. The van der Waals surface area contributed by atoms with Gasteiger partial charge in [0.25, 0.3) is 0 Å². The maximum Gasteiger partial charge on any atom is 0.190 e. The Morgan fingerprint density at radius 2 is 2.09 bits per heavy atom. The Balaban J connectivity index is 3.22. The first-order chi connectivity index (χ1) is 5.35. The zero-order valence-electron chi connectivity index (χ0n) is 7.78. The van der Waals surface area contributed by atoms with Gasteiger partial charge in [-0.1, -0.05) is 19.8 Å². The molecule has 0 amide bonds. The van der Waals surface area contributed by atoms with Gasteiger partial charge < -0.3 is 10.6 Å². The summed E-state index contributed by atoms with van der Waals surface area (Å²) in [5, 5.41) is 6.16. The van der Waals surface area contributed by atoms with E-state index in [2.05, 4.69) is 22.5 Å². The summed E-state index contributed by atoms with van der Waals surface area (Å²) >= 11 is 0. The summed E-state index contributed by atoms with van der Waals surface area (Å²) in [5.41, 5.74) is 0. The van der Waals surface area contributed by atoms with E-state index in [-0.39, 0.29) is 0 Å². The van der Waals surface area contributed by atoms with Gasteiger partial charge in [-0.3, -0.25) is 4.99 Å². The third kappa shape index (κ3) is 5.70. The molecule has 66 valence electrons. The second-order valence-electron chi connectivity index (χ2n) is 2.46. The number of unbranched alkanes of at least 4 members (excludes halogenated alkanes) is 2. The van der Waals surface area contributed by atoms with Gasteiger partial charge in [0, 0.05) is 20.6 Å². The first-order valence-electron chi connectivity index (χ1n) is 4.23. The van der Waals surface area contributed by atoms with E-state index >= 15 is 0 Å². The molecule has 3 heteroatoms. The van der Waals surface area contributed by atoms with Crippen molar-refractivity contribution in [2.45, 2.75) is 26.2 Å². The zero-order valence-corrected chi connectivity index (χ0v) is 7.78. The number of nitrogens with one attached hydrogen (secondary N) is 2. The van der Waals surface area contributed by atoms with E-state index in [4.69, 9.17) is 0 Å². The van der Waals surface area contributed by atoms with E-state index in [1.54, 1.807) is 7.05 Å². The number of rotatable bonds is 4. The van der Waals surface area contributed by atoms with Crippen molar-refractivity contribution in [3.63, 3.8) is 0 Å². The van der Waals surface area contributed by atoms with Crippen molar-refractivity contribution in [1.82, 2.24) is 10.6 Å². The molecular weight excluding hydrogens is 138 g/mol. The molecule has 0 aliphatic carbocycles. The molecule has 0 fully saturated rings. The monoisotopic (exact) mass is 157 g/mol. The lowest BCUT2D eigenvalue weighted by Gasteiger charge is -2.06. The predicted molar refractivity (Wildman–Crippen MR) is 49.9 cm³/mol. The van der Waals surface area contributed by atoms with Crippen LogP contribution in [0.1, 0.15) is 26.2 Å². The molecule has 0 aromatic heterocycles. The van der Waals surface area contributed by atoms with Crippen LogP contribution in [0.3, 0.4) is 0 Å². The fourth-order valence-corrected chi connectivity index (χ4v) is 0.861. The van der Waals surface area contributed by atoms with Crippen molar-refractivity contribution >= 4 is 5.96 Å². The first-order valence-corrected chi connectivity index (χ1v) is 4.23. The van der Waals surface area contributed by atoms with Crippen molar-refractivity contribution in [2.24, 2.45) is 4.99 Å². The number of hydrogen-bond acceptors (Lipinski definition) is 1. The summed E-state index contributed by atoms with van der Waals surface area (Å²) in [4.78, 5) is 4.00. The largest absolute Gasteiger partial charge is 0.359 e. The van der Waals surface area contributed by atoms with Gasteiger partial charge in [0.1, 0.15) is 0 Å². The van der Waals surface area contributed by atoms with Crippen LogP contribution in [0.5, 0.6) is 0 Å². The van der Waals surface area contributed by atoms with Gasteiger partial charge in [-0.25, -0.2) is 0 Å². The Bertz CT molecular complexity index is 110. The fraction of sp³-hybridized carbons (Fsp3) is 0.875. The van der Waals surface area contributed by atoms with Crippen molar-refractivity contribution in [3.05, 3.63) is 0 Å². The van der Waals surface area contributed by atoms with Crippen LogP contribution in [0.2, 0.25) is 0 Å². The molecule has 0 rings (SSSR count). The third-order valence-corrected chi connectivity index (χ3v) is 1.53. The van der Waals surface area contributed by atoms with E-state index in [0.717, 1.165) is 12.5 Å². The van der Waals surface area contributed by atoms with Crippen LogP contribution < -0.4 is 10.6 Å². The highest BCUT2D eigenvalue weighted by Crippen LogP contribution is 1.90. The summed E-state index contributed by atoms with van der Waals surface area (Å²) < 4.78 is 0. The van der Waals surface area contributed by atoms with Crippen LogP contribution in [0.15, 0.2) is 4.99 Å². The molecule has 2 N–H and O–H groups in total. The van der Waals surface area contributed by atoms with E-state index < -0.39 is 0 Å². The maximum absolute atomic E-state index is 4.00. The van der Waals surface area contributed by atoms with E-state index in [1.165, 1.54) is 19.3 Å². The lowest BCUT2D eigenvalue weighted by Crippen LogP contribution is -2.35. The van der Waals surface area contributed by atoms with E-state index in [9.17, 15) is 0 Å². The molecule has 0 saturated heterocycles. The summed E-state index contributed by atoms with van der Waals surface area (Å²) in [6, 6.07) is 0. The molecule has 0 radical (unpaired) electrons. The summed E-state index contributed by atoms with van der Waals surface area (Å²) in [5.74, 6) is 0.876. The minimum Gasteiger partial charge on any atom is -0.359 e. The number of aliphatic imine (C=N–C) groups is 1. The SMILES string of the molecule is CCCCCNC(=NC)NC. The highest BCUT2D eigenvalue weighted by Gasteiger charge is 1.90. The number of nitrogens with zero attached hydrogens (tertiary/aromatic N) is 1. The average molecular weight is 157 g/mol. The Kier molecular flexibility index (Phi) is 6.89. The fourth-order valence-electron chi connectivity index (χ4n) is 0.861. The molecule has 0 aromatic rings. The Morgan fingerprint density at radius 1 is 1.36 bits per heavy atom. The van der Waals surface area contributed by atoms with Crippen LogP contribution in [-0.2, 0) is 0 Å². The molecule has 0 heterocycles. The van der Waals surface area contributed by atoms with Gasteiger partial charge in [-0.05, 0) is 6.42 Å². The number of guanidine groups is 1. The Labute approximate surface area is 69.3 Å². The zero-order chi connectivity index (χ0) is 8.53. The van der Waals surface area contributed by atoms with Crippen molar-refractivity contribution in [3.8, 4) is 0 Å². The summed E-state index contributed by atoms with van der Waals surface area (Å²) in [6.07, 6.45) is 3.77. The van der Waals surface area contributed by atoms with Gasteiger partial charge >= 0.3 is 0 Å². The van der Waals surface area contributed by atoms with Gasteiger partial charge in [0.05, 0.1) is 0 Å². The minimum atomic E-state index is 0.876. The van der Waals surface area contributed by atoms with Crippen LogP contribution in [-0.4, -0.2) is 26.6 Å². The molecule has 0 unspecified atom stereocenters. The minimum absolute atomic E-state index is 0.876. The smallest absolute Gasteiger partial charge is 0.190 e. The Morgan fingerprint density at radius 3 is 2.55 bits per heavy atom. The molecule has 11 heavy (non-hydrogen) atoms. The van der Waals surface area contributed by atoms with Gasteiger partial charge in [-0.15, -0.1) is 0 Å². The molecule has 0 bridgehead atoms. The molecule has 0 aliphatic heterocycles. The number of hydrogen-bond donors (Lipinski definition) is 2. The van der Waals surface area contributed by atoms with E-state index in [0.29, 0.717) is 0 Å². The normalized spacial score (nSPS) is 11.4. The standard InChI is InChI=1S/C8H19N3/c1-4-5-6-7-11-8(9-2)10-3/h4-7H2,1-3H3,(H2,9,10,11). The quantitative estimate of drug-likeness (QED) is 0.362. The van der Waals surface area contributed by atoms with Crippen molar-refractivity contribution < 1.29 is 0 Å². The molecular formula is C8H19N3. The molecule has 0 saturated carbocycles. The highest BCUT2D eigenvalue weighted by molar-refractivity contribution is 5.79. The predicted octanol–water partition coefficient (Wildman–Crippen LogP) is 0.971. The van der Waals surface area contributed by atoms with Crippen LogP contribution >= 0.6 is 0 Å². The Hall–Kier alpha value is -0.730. The average Bonchev–Trinajstić information content (AvgIpc) is 2.05. The second kappa shape index (κ2) is 7.38. The van der Waals surface area contributed by atoms with Crippen LogP contribution in [0, 0.1) is 0 Å². The molecule has 0 aromatic carbocycles. The van der Waals surface area contributed by atoms with Crippen molar-refractivity contribution in [1.29, 1.82) is 0 Å². The van der Waals surface area contributed by atoms with Crippen molar-refractivity contribution in [2.75, 3.05) is 20.6 Å². The lowest BCUT2D eigenvalue weighted by molar-refractivity contribution is 0.688. The van der Waals surface area contributed by atoms with Gasteiger partial charge in [-0.2, -0.15) is 0 Å². The molecule has 3 nitrogen and oxygen atoms in total. The van der Waals surface area contributed by atoms with E-state index in [1.807, 2.05) is 7.05 Å². The summed E-state index contributed by atoms with van der Waals surface area (Å²) in [7, 11) is 3.65. The summed E-state index contributed by atoms with van der Waals surface area (Å²) in [6.45, 7) is 3.22. The highest BCUT2D eigenvalue weighted by atomic mass is 15.1. The van der Waals surface area contributed by atoms with Gasteiger partial charge in [0.15, 0.2) is 5.96 Å². The second-order valence-corrected chi connectivity index (χ2v) is 2.46. The molecule has 0 aliphatic rings. The van der Waals surface area contributed by atoms with Crippen LogP contribution in [0.4, 0.5) is 0 Å². The van der Waals surface area contributed by atoms with Gasteiger partial charge in [0.2, 0.25) is 0 Å². The molecule has 0 atom stereocenters. The topological polar surface area (TPSA) is 36.4 Å². The lowest BCUT2D eigenvalue weighted by atomic mass is 10.2. The maximum atomic E-state index is 4.00.